The molecule has 4 heteroatoms. The highest BCUT2D eigenvalue weighted by atomic mass is 32.2. The molecule has 3 rings (SSSR count). The Morgan fingerprint density at radius 1 is 0.692 bits per heavy atom. The fraction of sp³-hybridized carbons (Fsp3) is 0.0909. The van der Waals surface area contributed by atoms with E-state index in [1.807, 2.05) is 30.3 Å². The third-order valence-corrected chi connectivity index (χ3v) is 5.24. The Morgan fingerprint density at radius 2 is 1.08 bits per heavy atom. The molecule has 130 valence electrons. The molecule has 0 aromatic heterocycles. The van der Waals surface area contributed by atoms with Crippen molar-refractivity contribution >= 4 is 23.3 Å². The third-order valence-electron chi connectivity index (χ3n) is 3.98. The van der Waals surface area contributed by atoms with Crippen LogP contribution in [0.4, 0.5) is 0 Å². The molecule has 0 radical (unpaired) electrons. The molecule has 3 aromatic carbocycles. The van der Waals surface area contributed by atoms with Gasteiger partial charge in [0.2, 0.25) is 16.5 Å². The maximum Gasteiger partial charge on any atom is 0.238 e. The highest BCUT2D eigenvalue weighted by molar-refractivity contribution is 8.01. The molecule has 1 N–H and O–H groups in total. The number of thioether (sulfide) groups is 1. The fourth-order valence-corrected chi connectivity index (χ4v) is 3.63. The zero-order valence-electron chi connectivity index (χ0n) is 14.0. The number of carbonyl (C=O) groups is 2. The predicted octanol–water partition coefficient (Wildman–Crippen LogP) is 4.37. The number of aliphatic hydroxyl groups is 1. The Morgan fingerprint density at radius 3 is 1.50 bits per heavy atom. The number of hydrogen-bond donors (Lipinski definition) is 1. The minimum atomic E-state index is -2.18. The van der Waals surface area contributed by atoms with E-state index in [0.29, 0.717) is 16.9 Å². The lowest BCUT2D eigenvalue weighted by Gasteiger charge is -2.25. The first kappa shape index (κ1) is 18.1. The van der Waals surface area contributed by atoms with Crippen molar-refractivity contribution in [1.82, 2.24) is 0 Å². The van der Waals surface area contributed by atoms with E-state index in [1.165, 1.54) is 0 Å². The summed E-state index contributed by atoms with van der Waals surface area (Å²) in [7, 11) is 0. The molecular formula is C22H18O3S. The quantitative estimate of drug-likeness (QED) is 0.385. The molecule has 3 aromatic rings. The van der Waals surface area contributed by atoms with Crippen LogP contribution in [0.1, 0.15) is 26.3 Å². The van der Waals surface area contributed by atoms with Gasteiger partial charge in [0.1, 0.15) is 0 Å². The van der Waals surface area contributed by atoms with Gasteiger partial charge in [-0.25, -0.2) is 0 Å². The summed E-state index contributed by atoms with van der Waals surface area (Å²) in [5.74, 6) is -0.866. The second-order valence-electron chi connectivity index (χ2n) is 5.81. The Bertz CT molecular complexity index is 826. The van der Waals surface area contributed by atoms with E-state index in [1.54, 1.807) is 60.7 Å². The van der Waals surface area contributed by atoms with E-state index >= 15 is 0 Å². The topological polar surface area (TPSA) is 54.4 Å². The van der Waals surface area contributed by atoms with E-state index in [9.17, 15) is 14.7 Å². The van der Waals surface area contributed by atoms with Crippen LogP contribution in [0.2, 0.25) is 0 Å². The number of Topliss-reactive ketones (excluding diaryl/α,β-unsaturated/α-hetero) is 2. The van der Waals surface area contributed by atoms with Crippen molar-refractivity contribution in [3.05, 3.63) is 108 Å². The van der Waals surface area contributed by atoms with Crippen LogP contribution >= 0.6 is 11.8 Å². The van der Waals surface area contributed by atoms with Gasteiger partial charge in [-0.3, -0.25) is 9.59 Å². The molecule has 0 bridgehead atoms. The maximum absolute atomic E-state index is 13.0. The SMILES string of the molecule is O=C(c1ccccc1)C(O)(SCc1ccccc1)C(=O)c1ccccc1. The second-order valence-corrected chi connectivity index (χ2v) is 6.98. The fourth-order valence-electron chi connectivity index (χ4n) is 2.57. The molecule has 26 heavy (non-hydrogen) atoms. The zero-order valence-corrected chi connectivity index (χ0v) is 14.9. The van der Waals surface area contributed by atoms with Gasteiger partial charge in [0, 0.05) is 16.9 Å². The van der Waals surface area contributed by atoms with Crippen LogP contribution in [-0.4, -0.2) is 21.6 Å². The van der Waals surface area contributed by atoms with Crippen LogP contribution in [0.5, 0.6) is 0 Å². The van der Waals surface area contributed by atoms with E-state index in [2.05, 4.69) is 0 Å². The van der Waals surface area contributed by atoms with Crippen molar-refractivity contribution in [2.75, 3.05) is 0 Å². The molecule has 0 spiro atoms. The number of benzene rings is 3. The average molecular weight is 362 g/mol. The normalized spacial score (nSPS) is 11.1. The summed E-state index contributed by atoms with van der Waals surface area (Å²) in [5, 5.41) is 11.2. The van der Waals surface area contributed by atoms with Crippen LogP contribution in [0.15, 0.2) is 91.0 Å². The summed E-state index contributed by atoms with van der Waals surface area (Å²) >= 11 is 0.939. The molecule has 0 saturated carbocycles. The van der Waals surface area contributed by atoms with E-state index in [4.69, 9.17) is 0 Å². The van der Waals surface area contributed by atoms with Crippen molar-refractivity contribution in [2.24, 2.45) is 0 Å². The summed E-state index contributed by atoms with van der Waals surface area (Å²) in [5.41, 5.74) is 1.54. The molecule has 0 aliphatic carbocycles. The number of rotatable bonds is 7. The molecule has 0 amide bonds. The maximum atomic E-state index is 13.0. The van der Waals surface area contributed by atoms with Gasteiger partial charge in [-0.15, -0.1) is 11.8 Å². The lowest BCUT2D eigenvalue weighted by Crippen LogP contribution is -2.43. The molecule has 3 nitrogen and oxygen atoms in total. The van der Waals surface area contributed by atoms with Crippen molar-refractivity contribution < 1.29 is 14.7 Å². The standard InChI is InChI=1S/C22H18O3S/c23-20(18-12-6-2-7-13-18)22(25,21(24)19-14-8-3-9-15-19)26-16-17-10-4-1-5-11-17/h1-15,25H,16H2. The lowest BCUT2D eigenvalue weighted by atomic mass is 9.98. The molecule has 0 atom stereocenters. The van der Waals surface area contributed by atoms with Gasteiger partial charge >= 0.3 is 0 Å². The number of hydrogen-bond acceptors (Lipinski definition) is 4. The van der Waals surface area contributed by atoms with E-state index in [-0.39, 0.29) is 0 Å². The largest absolute Gasteiger partial charge is 0.366 e. The summed E-state index contributed by atoms with van der Waals surface area (Å²) in [6, 6.07) is 26.3. The second kappa shape index (κ2) is 8.13. The summed E-state index contributed by atoms with van der Waals surface area (Å²) in [6.45, 7) is 0. The molecule has 0 unspecified atom stereocenters. The summed E-state index contributed by atoms with van der Waals surface area (Å²) in [6.07, 6.45) is 0. The number of carbonyl (C=O) groups excluding carboxylic acids is 2. The van der Waals surface area contributed by atoms with Crippen LogP contribution in [-0.2, 0) is 5.75 Å². The van der Waals surface area contributed by atoms with Gasteiger partial charge in [0.25, 0.3) is 0 Å². The van der Waals surface area contributed by atoms with Gasteiger partial charge < -0.3 is 5.11 Å². The van der Waals surface area contributed by atoms with E-state index < -0.39 is 16.5 Å². The first-order valence-corrected chi connectivity index (χ1v) is 9.20. The average Bonchev–Trinajstić information content (AvgIpc) is 2.73. The Hall–Kier alpha value is -2.69. The highest BCUT2D eigenvalue weighted by Gasteiger charge is 2.45. The molecular weight excluding hydrogens is 344 g/mol. The first-order chi connectivity index (χ1) is 12.6. The van der Waals surface area contributed by atoms with Crippen molar-refractivity contribution in [3.8, 4) is 0 Å². The van der Waals surface area contributed by atoms with Gasteiger partial charge in [0.05, 0.1) is 0 Å². The van der Waals surface area contributed by atoms with Crippen molar-refractivity contribution in [3.63, 3.8) is 0 Å². The molecule has 0 fully saturated rings. The minimum Gasteiger partial charge on any atom is -0.366 e. The van der Waals surface area contributed by atoms with Crippen LogP contribution in [0, 0.1) is 0 Å². The van der Waals surface area contributed by atoms with Crippen LogP contribution in [0.3, 0.4) is 0 Å². The molecule has 0 aliphatic heterocycles. The summed E-state index contributed by atoms with van der Waals surface area (Å²) in [4.78, 5) is 23.8. The monoisotopic (exact) mass is 362 g/mol. The predicted molar refractivity (Wildman–Crippen MR) is 104 cm³/mol. The van der Waals surface area contributed by atoms with E-state index in [0.717, 1.165) is 17.3 Å². The molecule has 0 saturated heterocycles. The molecule has 0 heterocycles. The van der Waals surface area contributed by atoms with Gasteiger partial charge in [0.15, 0.2) is 0 Å². The lowest BCUT2D eigenvalue weighted by molar-refractivity contribution is 0.0554. The Balaban J connectivity index is 1.95. The Labute approximate surface area is 156 Å². The van der Waals surface area contributed by atoms with Gasteiger partial charge in [-0.2, -0.15) is 0 Å². The first-order valence-electron chi connectivity index (χ1n) is 8.21. The van der Waals surface area contributed by atoms with Crippen molar-refractivity contribution in [1.29, 1.82) is 0 Å². The van der Waals surface area contributed by atoms with Gasteiger partial charge in [-0.05, 0) is 5.56 Å². The summed E-state index contributed by atoms with van der Waals surface area (Å²) < 4.78 is 0. The van der Waals surface area contributed by atoms with Gasteiger partial charge in [-0.1, -0.05) is 91.0 Å². The van der Waals surface area contributed by atoms with Crippen LogP contribution in [0.25, 0.3) is 0 Å². The Kier molecular flexibility index (Phi) is 5.66. The number of ketones is 2. The highest BCUT2D eigenvalue weighted by Crippen LogP contribution is 2.33. The zero-order chi connectivity index (χ0) is 18.4. The third kappa shape index (κ3) is 3.93. The smallest absolute Gasteiger partial charge is 0.238 e. The van der Waals surface area contributed by atoms with Crippen molar-refractivity contribution in [2.45, 2.75) is 10.7 Å². The minimum absolute atomic E-state index is 0.305. The molecule has 0 aliphatic rings. The van der Waals surface area contributed by atoms with Crippen LogP contribution < -0.4 is 0 Å².